The molecule has 0 saturated carbocycles. The molecular formula is C19H27N3O3. The van der Waals surface area contributed by atoms with Gasteiger partial charge in [0.25, 0.3) is 0 Å². The van der Waals surface area contributed by atoms with E-state index in [0.717, 1.165) is 30.8 Å². The fourth-order valence-electron chi connectivity index (χ4n) is 4.01. The van der Waals surface area contributed by atoms with Gasteiger partial charge in [0.05, 0.1) is 19.1 Å². The third-order valence-electron chi connectivity index (χ3n) is 5.57. The second kappa shape index (κ2) is 7.44. The second-order valence-corrected chi connectivity index (χ2v) is 7.04. The Balaban J connectivity index is 1.84. The number of hydrogen-bond acceptors (Lipinski definition) is 4. The number of likely N-dealkylation sites (tertiary alicyclic amines) is 2. The van der Waals surface area contributed by atoms with E-state index in [0.29, 0.717) is 25.3 Å². The van der Waals surface area contributed by atoms with Gasteiger partial charge < -0.3 is 20.3 Å². The molecule has 2 amide bonds. The SMILES string of the molecule is COc1ccc(C2C(C(=O)N3CCC(CN)C3)CCC(=O)N2C)cc1. The third-order valence-corrected chi connectivity index (χ3v) is 5.57. The molecule has 1 aromatic carbocycles. The van der Waals surface area contributed by atoms with E-state index >= 15 is 0 Å². The largest absolute Gasteiger partial charge is 0.497 e. The van der Waals surface area contributed by atoms with Crippen LogP contribution in [0.25, 0.3) is 0 Å². The monoisotopic (exact) mass is 345 g/mol. The zero-order valence-corrected chi connectivity index (χ0v) is 15.0. The fraction of sp³-hybridized carbons (Fsp3) is 0.579. The summed E-state index contributed by atoms with van der Waals surface area (Å²) in [5, 5.41) is 0. The van der Waals surface area contributed by atoms with Crippen LogP contribution >= 0.6 is 0 Å². The van der Waals surface area contributed by atoms with Gasteiger partial charge >= 0.3 is 0 Å². The summed E-state index contributed by atoms with van der Waals surface area (Å²) in [6.45, 7) is 2.12. The number of carbonyl (C=O) groups excluding carboxylic acids is 2. The Bertz CT molecular complexity index is 631. The summed E-state index contributed by atoms with van der Waals surface area (Å²) in [5.74, 6) is 1.20. The Hall–Kier alpha value is -2.08. The Morgan fingerprint density at radius 3 is 2.60 bits per heavy atom. The zero-order valence-electron chi connectivity index (χ0n) is 15.0. The predicted octanol–water partition coefficient (Wildman–Crippen LogP) is 1.41. The molecule has 3 unspecified atom stereocenters. The molecule has 0 radical (unpaired) electrons. The molecule has 2 saturated heterocycles. The van der Waals surface area contributed by atoms with Gasteiger partial charge in [-0.25, -0.2) is 0 Å². The lowest BCUT2D eigenvalue weighted by molar-refractivity contribution is -0.146. The van der Waals surface area contributed by atoms with Crippen LogP contribution in [0.3, 0.4) is 0 Å². The topological polar surface area (TPSA) is 75.9 Å². The summed E-state index contributed by atoms with van der Waals surface area (Å²) in [5.41, 5.74) is 6.73. The van der Waals surface area contributed by atoms with Gasteiger partial charge in [-0.2, -0.15) is 0 Å². The van der Waals surface area contributed by atoms with Crippen molar-refractivity contribution in [1.29, 1.82) is 0 Å². The molecule has 0 spiro atoms. The van der Waals surface area contributed by atoms with Crippen molar-refractivity contribution in [3.8, 4) is 5.75 Å². The molecule has 25 heavy (non-hydrogen) atoms. The molecule has 2 fully saturated rings. The van der Waals surface area contributed by atoms with Crippen LogP contribution in [0.15, 0.2) is 24.3 Å². The highest BCUT2D eigenvalue weighted by atomic mass is 16.5. The number of amides is 2. The first-order valence-corrected chi connectivity index (χ1v) is 8.93. The molecule has 2 N–H and O–H groups in total. The smallest absolute Gasteiger partial charge is 0.228 e. The van der Waals surface area contributed by atoms with Crippen molar-refractivity contribution in [2.45, 2.75) is 25.3 Å². The van der Waals surface area contributed by atoms with Crippen molar-refractivity contribution in [2.75, 3.05) is 33.8 Å². The summed E-state index contributed by atoms with van der Waals surface area (Å²) in [4.78, 5) is 29.1. The summed E-state index contributed by atoms with van der Waals surface area (Å²) in [7, 11) is 3.42. The minimum Gasteiger partial charge on any atom is -0.497 e. The first-order valence-electron chi connectivity index (χ1n) is 8.93. The first kappa shape index (κ1) is 17.7. The number of nitrogens with two attached hydrogens (primary N) is 1. The second-order valence-electron chi connectivity index (χ2n) is 7.04. The minimum absolute atomic E-state index is 0.0890. The van der Waals surface area contributed by atoms with E-state index in [1.165, 1.54) is 0 Å². The average Bonchev–Trinajstić information content (AvgIpc) is 3.12. The van der Waals surface area contributed by atoms with Crippen molar-refractivity contribution < 1.29 is 14.3 Å². The number of benzene rings is 1. The fourth-order valence-corrected chi connectivity index (χ4v) is 4.01. The lowest BCUT2D eigenvalue weighted by Crippen LogP contribution is -2.47. The van der Waals surface area contributed by atoms with Gasteiger partial charge in [-0.1, -0.05) is 12.1 Å². The van der Waals surface area contributed by atoms with E-state index in [9.17, 15) is 9.59 Å². The molecule has 2 aliphatic heterocycles. The van der Waals surface area contributed by atoms with Crippen molar-refractivity contribution in [1.82, 2.24) is 9.80 Å². The lowest BCUT2D eigenvalue weighted by Gasteiger charge is -2.40. The van der Waals surface area contributed by atoms with Gasteiger partial charge in [-0.05, 0) is 43.0 Å². The van der Waals surface area contributed by atoms with E-state index in [1.807, 2.05) is 29.2 Å². The van der Waals surface area contributed by atoms with Crippen molar-refractivity contribution >= 4 is 11.8 Å². The van der Waals surface area contributed by atoms with E-state index in [1.54, 1.807) is 19.1 Å². The van der Waals surface area contributed by atoms with Crippen LogP contribution in [0.2, 0.25) is 0 Å². The maximum Gasteiger partial charge on any atom is 0.228 e. The number of carbonyl (C=O) groups is 2. The van der Waals surface area contributed by atoms with Gasteiger partial charge in [0.15, 0.2) is 0 Å². The molecule has 3 rings (SSSR count). The minimum atomic E-state index is -0.225. The first-order chi connectivity index (χ1) is 12.0. The zero-order chi connectivity index (χ0) is 18.0. The summed E-state index contributed by atoms with van der Waals surface area (Å²) in [6.07, 6.45) is 1.99. The summed E-state index contributed by atoms with van der Waals surface area (Å²) >= 11 is 0. The average molecular weight is 345 g/mol. The number of nitrogens with zero attached hydrogens (tertiary/aromatic N) is 2. The highest BCUT2D eigenvalue weighted by Crippen LogP contribution is 2.38. The molecule has 2 heterocycles. The Morgan fingerprint density at radius 2 is 2.00 bits per heavy atom. The Labute approximate surface area is 148 Å². The number of ether oxygens (including phenoxy) is 1. The van der Waals surface area contributed by atoms with Gasteiger partial charge in [-0.15, -0.1) is 0 Å². The molecule has 0 aromatic heterocycles. The lowest BCUT2D eigenvalue weighted by atomic mass is 9.83. The molecule has 2 aliphatic rings. The van der Waals surface area contributed by atoms with E-state index in [-0.39, 0.29) is 23.8 Å². The van der Waals surface area contributed by atoms with E-state index < -0.39 is 0 Å². The molecule has 6 heteroatoms. The van der Waals surface area contributed by atoms with Crippen LogP contribution < -0.4 is 10.5 Å². The Morgan fingerprint density at radius 1 is 1.28 bits per heavy atom. The number of hydrogen-bond donors (Lipinski definition) is 1. The van der Waals surface area contributed by atoms with Crippen LogP contribution in [-0.2, 0) is 9.59 Å². The van der Waals surface area contributed by atoms with E-state index in [2.05, 4.69) is 0 Å². The van der Waals surface area contributed by atoms with Crippen molar-refractivity contribution in [2.24, 2.45) is 17.6 Å². The van der Waals surface area contributed by atoms with Gasteiger partial charge in [-0.3, -0.25) is 9.59 Å². The molecule has 6 nitrogen and oxygen atoms in total. The van der Waals surface area contributed by atoms with Crippen LogP contribution in [0, 0.1) is 11.8 Å². The molecular weight excluding hydrogens is 318 g/mol. The normalized spacial score (nSPS) is 26.8. The van der Waals surface area contributed by atoms with Crippen molar-refractivity contribution in [3.05, 3.63) is 29.8 Å². The Kier molecular flexibility index (Phi) is 5.27. The molecule has 3 atom stereocenters. The standard InChI is InChI=1S/C19H27N3O3/c1-21-17(23)8-7-16(19(24)22-10-9-13(11-20)12-22)18(21)14-3-5-15(25-2)6-4-14/h3-6,13,16,18H,7-12,20H2,1-2H3. The number of piperidine rings is 1. The van der Waals surface area contributed by atoms with Gasteiger partial charge in [0.2, 0.25) is 11.8 Å². The molecule has 0 aliphatic carbocycles. The van der Waals surface area contributed by atoms with Gasteiger partial charge in [0, 0.05) is 26.6 Å². The maximum atomic E-state index is 13.1. The number of rotatable bonds is 4. The molecule has 1 aromatic rings. The third kappa shape index (κ3) is 3.49. The van der Waals surface area contributed by atoms with Crippen LogP contribution in [0.5, 0.6) is 5.75 Å². The van der Waals surface area contributed by atoms with Gasteiger partial charge in [0.1, 0.15) is 5.75 Å². The van der Waals surface area contributed by atoms with Crippen LogP contribution in [0.4, 0.5) is 0 Å². The number of methoxy groups -OCH3 is 1. The summed E-state index contributed by atoms with van der Waals surface area (Å²) in [6, 6.07) is 7.43. The molecule has 0 bridgehead atoms. The van der Waals surface area contributed by atoms with E-state index in [4.69, 9.17) is 10.5 Å². The van der Waals surface area contributed by atoms with Crippen molar-refractivity contribution in [3.63, 3.8) is 0 Å². The highest BCUT2D eigenvalue weighted by molar-refractivity contribution is 5.85. The summed E-state index contributed by atoms with van der Waals surface area (Å²) < 4.78 is 5.22. The highest BCUT2D eigenvalue weighted by Gasteiger charge is 2.41. The predicted molar refractivity (Wildman–Crippen MR) is 95.0 cm³/mol. The maximum absolute atomic E-state index is 13.1. The quantitative estimate of drug-likeness (QED) is 0.895. The molecule has 136 valence electrons. The van der Waals surface area contributed by atoms with Crippen LogP contribution in [0.1, 0.15) is 30.9 Å². The van der Waals surface area contributed by atoms with Crippen LogP contribution in [-0.4, -0.2) is 55.4 Å².